The summed E-state index contributed by atoms with van der Waals surface area (Å²) < 4.78 is 0. The van der Waals surface area contributed by atoms with Crippen molar-refractivity contribution in [2.45, 2.75) is 70.6 Å². The highest BCUT2D eigenvalue weighted by molar-refractivity contribution is 6.06. The first-order valence-corrected chi connectivity index (χ1v) is 8.73. The predicted octanol–water partition coefficient (Wildman–Crippen LogP) is 3.49. The largest absolute Gasteiger partial charge is 0.302 e. The minimum absolute atomic E-state index is 0.0390. The number of hydrogen-bond donors (Lipinski definition) is 0. The van der Waals surface area contributed by atoms with Crippen LogP contribution in [-0.4, -0.2) is 17.9 Å². The molecule has 3 rings (SSSR count). The SMILES string of the molecule is O=CC1(C(=O)C2CCCC2)CCC1C(=O)C1CCCCC1. The molecule has 3 saturated carbocycles. The van der Waals surface area contributed by atoms with E-state index in [0.29, 0.717) is 6.42 Å². The third-order valence-corrected chi connectivity index (χ3v) is 6.21. The summed E-state index contributed by atoms with van der Waals surface area (Å²) in [6, 6.07) is 0. The maximum atomic E-state index is 12.8. The van der Waals surface area contributed by atoms with Crippen molar-refractivity contribution in [1.82, 2.24) is 0 Å². The highest BCUT2D eigenvalue weighted by Gasteiger charge is 2.57. The van der Waals surface area contributed by atoms with Gasteiger partial charge in [-0.1, -0.05) is 32.1 Å². The van der Waals surface area contributed by atoms with Gasteiger partial charge in [0.2, 0.25) is 0 Å². The van der Waals surface area contributed by atoms with Crippen LogP contribution < -0.4 is 0 Å². The predicted molar refractivity (Wildman–Crippen MR) is 79.8 cm³/mol. The Morgan fingerprint density at radius 1 is 0.810 bits per heavy atom. The number of rotatable bonds is 5. The van der Waals surface area contributed by atoms with E-state index in [4.69, 9.17) is 0 Å². The number of ketones is 2. The standard InChI is InChI=1S/C18H26O3/c19-12-18(17(21)14-8-4-5-9-14)11-10-15(18)16(20)13-6-2-1-3-7-13/h12-15H,1-11H2. The Balaban J connectivity index is 1.74. The molecule has 0 aromatic carbocycles. The minimum atomic E-state index is -0.941. The maximum absolute atomic E-state index is 12.8. The minimum Gasteiger partial charge on any atom is -0.302 e. The Bertz CT molecular complexity index is 430. The van der Waals surface area contributed by atoms with Crippen molar-refractivity contribution in [3.05, 3.63) is 0 Å². The van der Waals surface area contributed by atoms with E-state index >= 15 is 0 Å². The van der Waals surface area contributed by atoms with Gasteiger partial charge in [-0.25, -0.2) is 0 Å². The number of aldehydes is 1. The van der Waals surface area contributed by atoms with Crippen LogP contribution in [-0.2, 0) is 14.4 Å². The van der Waals surface area contributed by atoms with E-state index in [-0.39, 0.29) is 29.3 Å². The van der Waals surface area contributed by atoms with E-state index in [2.05, 4.69) is 0 Å². The number of carbonyl (C=O) groups is 3. The molecule has 0 spiro atoms. The third kappa shape index (κ3) is 2.49. The van der Waals surface area contributed by atoms with Crippen LogP contribution in [0.1, 0.15) is 70.6 Å². The molecule has 2 unspecified atom stereocenters. The number of Topliss-reactive ketones (excluding diaryl/α,β-unsaturated/α-hetero) is 2. The molecule has 0 N–H and O–H groups in total. The summed E-state index contributed by atoms with van der Waals surface area (Å²) in [4.78, 5) is 37.3. The molecule has 0 saturated heterocycles. The average molecular weight is 290 g/mol. The Morgan fingerprint density at radius 3 is 1.90 bits per heavy atom. The number of hydrogen-bond acceptors (Lipinski definition) is 3. The molecule has 21 heavy (non-hydrogen) atoms. The van der Waals surface area contributed by atoms with Gasteiger partial charge in [0.05, 0.1) is 5.41 Å². The van der Waals surface area contributed by atoms with Crippen molar-refractivity contribution < 1.29 is 14.4 Å². The number of carbonyl (C=O) groups excluding carboxylic acids is 3. The molecule has 3 heteroatoms. The molecule has 0 heterocycles. The smallest absolute Gasteiger partial charge is 0.149 e. The van der Waals surface area contributed by atoms with E-state index in [0.717, 1.165) is 64.1 Å². The summed E-state index contributed by atoms with van der Waals surface area (Å²) in [5, 5.41) is 0. The zero-order valence-electron chi connectivity index (χ0n) is 12.8. The Hall–Kier alpha value is -0.990. The Morgan fingerprint density at radius 2 is 1.38 bits per heavy atom. The van der Waals surface area contributed by atoms with Crippen LogP contribution in [0.3, 0.4) is 0 Å². The first kappa shape index (κ1) is 14.9. The molecule has 3 aliphatic rings. The van der Waals surface area contributed by atoms with Gasteiger partial charge in [-0.3, -0.25) is 9.59 Å². The van der Waals surface area contributed by atoms with E-state index in [1.807, 2.05) is 0 Å². The van der Waals surface area contributed by atoms with Gasteiger partial charge in [0.15, 0.2) is 0 Å². The second-order valence-corrected chi connectivity index (χ2v) is 7.33. The molecule has 0 amide bonds. The zero-order valence-corrected chi connectivity index (χ0v) is 12.8. The van der Waals surface area contributed by atoms with Crippen LogP contribution in [0.4, 0.5) is 0 Å². The molecule has 116 valence electrons. The summed E-state index contributed by atoms with van der Waals surface area (Å²) in [6.45, 7) is 0. The Labute approximate surface area is 126 Å². The normalized spacial score (nSPS) is 34.4. The van der Waals surface area contributed by atoms with Gasteiger partial charge in [0, 0.05) is 17.8 Å². The third-order valence-electron chi connectivity index (χ3n) is 6.21. The lowest BCUT2D eigenvalue weighted by atomic mass is 9.53. The van der Waals surface area contributed by atoms with Crippen molar-refractivity contribution in [1.29, 1.82) is 0 Å². The summed E-state index contributed by atoms with van der Waals surface area (Å²) >= 11 is 0. The summed E-state index contributed by atoms with van der Waals surface area (Å²) in [5.41, 5.74) is -0.941. The Kier molecular flexibility index (Phi) is 4.28. The van der Waals surface area contributed by atoms with E-state index in [1.165, 1.54) is 6.42 Å². The highest BCUT2D eigenvalue weighted by atomic mass is 16.2. The molecule has 0 radical (unpaired) electrons. The van der Waals surface area contributed by atoms with Gasteiger partial charge in [-0.2, -0.15) is 0 Å². The molecule has 2 atom stereocenters. The lowest BCUT2D eigenvalue weighted by Gasteiger charge is -2.46. The first-order valence-electron chi connectivity index (χ1n) is 8.73. The molecular weight excluding hydrogens is 264 g/mol. The molecule has 0 bridgehead atoms. The lowest BCUT2D eigenvalue weighted by Crippen LogP contribution is -2.54. The quantitative estimate of drug-likeness (QED) is 0.575. The topological polar surface area (TPSA) is 51.2 Å². The average Bonchev–Trinajstić information content (AvgIpc) is 3.02. The van der Waals surface area contributed by atoms with E-state index < -0.39 is 5.41 Å². The van der Waals surface area contributed by atoms with Gasteiger partial charge in [0.25, 0.3) is 0 Å². The van der Waals surface area contributed by atoms with E-state index in [9.17, 15) is 14.4 Å². The van der Waals surface area contributed by atoms with Crippen molar-refractivity contribution >= 4 is 17.9 Å². The van der Waals surface area contributed by atoms with Crippen LogP contribution in [0.25, 0.3) is 0 Å². The fourth-order valence-electron chi connectivity index (χ4n) is 4.73. The first-order chi connectivity index (χ1) is 10.2. The van der Waals surface area contributed by atoms with Gasteiger partial charge >= 0.3 is 0 Å². The summed E-state index contributed by atoms with van der Waals surface area (Å²) in [6.07, 6.45) is 11.6. The summed E-state index contributed by atoms with van der Waals surface area (Å²) in [5.74, 6) is 0.165. The van der Waals surface area contributed by atoms with Crippen molar-refractivity contribution in [3.63, 3.8) is 0 Å². The second kappa shape index (κ2) is 6.02. The van der Waals surface area contributed by atoms with Crippen molar-refractivity contribution in [2.75, 3.05) is 0 Å². The zero-order chi connectivity index (χ0) is 14.9. The molecule has 3 nitrogen and oxygen atoms in total. The van der Waals surface area contributed by atoms with Crippen LogP contribution in [0.5, 0.6) is 0 Å². The second-order valence-electron chi connectivity index (χ2n) is 7.33. The molecule has 3 fully saturated rings. The van der Waals surface area contributed by atoms with Gasteiger partial charge in [-0.05, 0) is 38.5 Å². The van der Waals surface area contributed by atoms with Crippen LogP contribution in [0.15, 0.2) is 0 Å². The van der Waals surface area contributed by atoms with E-state index in [1.54, 1.807) is 0 Å². The highest BCUT2D eigenvalue weighted by Crippen LogP contribution is 2.51. The van der Waals surface area contributed by atoms with Crippen molar-refractivity contribution in [2.24, 2.45) is 23.2 Å². The molecule has 0 aromatic rings. The summed E-state index contributed by atoms with van der Waals surface area (Å²) in [7, 11) is 0. The molecular formula is C18H26O3. The van der Waals surface area contributed by atoms with Crippen LogP contribution >= 0.6 is 0 Å². The van der Waals surface area contributed by atoms with Crippen LogP contribution in [0, 0.1) is 23.2 Å². The maximum Gasteiger partial charge on any atom is 0.149 e. The molecule has 3 aliphatic carbocycles. The van der Waals surface area contributed by atoms with Gasteiger partial charge in [0.1, 0.15) is 17.9 Å². The van der Waals surface area contributed by atoms with Crippen molar-refractivity contribution in [3.8, 4) is 0 Å². The van der Waals surface area contributed by atoms with Gasteiger partial charge in [-0.15, -0.1) is 0 Å². The fourth-order valence-corrected chi connectivity index (χ4v) is 4.73. The van der Waals surface area contributed by atoms with Gasteiger partial charge < -0.3 is 4.79 Å². The molecule has 0 aromatic heterocycles. The van der Waals surface area contributed by atoms with Crippen LogP contribution in [0.2, 0.25) is 0 Å². The molecule has 0 aliphatic heterocycles. The monoisotopic (exact) mass is 290 g/mol. The fraction of sp³-hybridized carbons (Fsp3) is 0.833. The lowest BCUT2D eigenvalue weighted by molar-refractivity contribution is -0.158.